The van der Waals surface area contributed by atoms with E-state index in [1.807, 2.05) is 23.0 Å². The highest BCUT2D eigenvalue weighted by atomic mass is 15.3. The molecule has 2 rings (SSSR count). The van der Waals surface area contributed by atoms with Gasteiger partial charge in [0, 0.05) is 25.5 Å². The van der Waals surface area contributed by atoms with Gasteiger partial charge >= 0.3 is 0 Å². The van der Waals surface area contributed by atoms with Gasteiger partial charge in [-0.15, -0.1) is 0 Å². The van der Waals surface area contributed by atoms with Gasteiger partial charge in [0.25, 0.3) is 0 Å². The molecule has 0 fully saturated rings. The molecule has 0 atom stereocenters. The van der Waals surface area contributed by atoms with Crippen LogP contribution in [0.15, 0.2) is 47.7 Å². The summed E-state index contributed by atoms with van der Waals surface area (Å²) in [6.07, 6.45) is 7.39. The molecule has 124 valence electrons. The van der Waals surface area contributed by atoms with Gasteiger partial charge in [0.15, 0.2) is 5.96 Å². The van der Waals surface area contributed by atoms with Gasteiger partial charge < -0.3 is 10.6 Å². The van der Waals surface area contributed by atoms with E-state index in [1.165, 1.54) is 24.8 Å². The van der Waals surface area contributed by atoms with E-state index in [2.05, 4.69) is 52.8 Å². The van der Waals surface area contributed by atoms with E-state index in [1.54, 1.807) is 6.20 Å². The molecule has 1 heterocycles. The zero-order chi connectivity index (χ0) is 16.3. The number of nitrogens with zero attached hydrogens (tertiary/aromatic N) is 3. The highest BCUT2D eigenvalue weighted by Crippen LogP contribution is 2.10. The van der Waals surface area contributed by atoms with Crippen LogP contribution in [0.3, 0.4) is 0 Å². The molecular formula is C18H27N5. The Bertz CT molecular complexity index is 589. The molecule has 0 aliphatic heterocycles. The Morgan fingerprint density at radius 2 is 2.09 bits per heavy atom. The smallest absolute Gasteiger partial charge is 0.191 e. The summed E-state index contributed by atoms with van der Waals surface area (Å²) >= 11 is 0. The predicted molar refractivity (Wildman–Crippen MR) is 95.9 cm³/mol. The number of rotatable bonds is 8. The van der Waals surface area contributed by atoms with Crippen LogP contribution in [-0.2, 0) is 6.54 Å². The Hall–Kier alpha value is -2.30. The number of nitrogens with one attached hydrogen (secondary N) is 2. The zero-order valence-electron chi connectivity index (χ0n) is 14.1. The fourth-order valence-corrected chi connectivity index (χ4v) is 2.31. The third-order valence-electron chi connectivity index (χ3n) is 3.52. The highest BCUT2D eigenvalue weighted by Gasteiger charge is 2.00. The molecule has 1 aromatic heterocycles. The third kappa shape index (κ3) is 5.77. The molecule has 5 heteroatoms. The molecule has 2 N–H and O–H groups in total. The van der Waals surface area contributed by atoms with Crippen molar-refractivity contribution in [3.05, 3.63) is 48.3 Å². The molecule has 0 spiro atoms. The Morgan fingerprint density at radius 3 is 2.83 bits per heavy atom. The van der Waals surface area contributed by atoms with Crippen LogP contribution >= 0.6 is 0 Å². The summed E-state index contributed by atoms with van der Waals surface area (Å²) in [5, 5.41) is 10.9. The molecule has 0 radical (unpaired) electrons. The van der Waals surface area contributed by atoms with Crippen LogP contribution in [0.1, 0.15) is 38.7 Å². The number of unbranched alkanes of at least 4 members (excludes halogenated alkanes) is 2. The molecule has 0 aliphatic carbocycles. The van der Waals surface area contributed by atoms with Crippen LogP contribution in [-0.4, -0.2) is 28.8 Å². The normalized spacial score (nSPS) is 11.5. The van der Waals surface area contributed by atoms with Crippen molar-refractivity contribution in [2.24, 2.45) is 4.99 Å². The monoisotopic (exact) mass is 313 g/mol. The lowest BCUT2D eigenvalue weighted by Crippen LogP contribution is -2.37. The second kappa shape index (κ2) is 9.66. The summed E-state index contributed by atoms with van der Waals surface area (Å²) in [5.74, 6) is 0.882. The number of benzene rings is 1. The van der Waals surface area contributed by atoms with Gasteiger partial charge in [-0.1, -0.05) is 31.9 Å². The van der Waals surface area contributed by atoms with Crippen molar-refractivity contribution in [1.29, 1.82) is 0 Å². The minimum atomic E-state index is 0.651. The summed E-state index contributed by atoms with van der Waals surface area (Å²) < 4.78 is 1.86. The van der Waals surface area contributed by atoms with Gasteiger partial charge in [0.2, 0.25) is 0 Å². The first kappa shape index (κ1) is 17.1. The Balaban J connectivity index is 1.96. The molecule has 0 aliphatic rings. The maximum atomic E-state index is 4.67. The van der Waals surface area contributed by atoms with E-state index in [0.717, 1.165) is 24.7 Å². The average molecular weight is 313 g/mol. The van der Waals surface area contributed by atoms with E-state index in [0.29, 0.717) is 6.54 Å². The second-order valence-corrected chi connectivity index (χ2v) is 5.45. The molecular weight excluding hydrogens is 286 g/mol. The fourth-order valence-electron chi connectivity index (χ4n) is 2.31. The molecule has 0 unspecified atom stereocenters. The average Bonchev–Trinajstić information content (AvgIpc) is 3.11. The molecule has 23 heavy (non-hydrogen) atoms. The van der Waals surface area contributed by atoms with E-state index in [9.17, 15) is 0 Å². The molecule has 5 nitrogen and oxygen atoms in total. The number of hydrogen-bond acceptors (Lipinski definition) is 2. The molecule has 1 aromatic carbocycles. The van der Waals surface area contributed by atoms with Gasteiger partial charge in [-0.2, -0.15) is 5.10 Å². The lowest BCUT2D eigenvalue weighted by Gasteiger charge is -2.11. The summed E-state index contributed by atoms with van der Waals surface area (Å²) in [4.78, 5) is 4.67. The SMILES string of the molecule is CCCCCNC(=NCc1cccc(-n2cccn2)c1)NCC. The molecule has 0 amide bonds. The molecule has 0 saturated heterocycles. The van der Waals surface area contributed by atoms with Crippen molar-refractivity contribution in [1.82, 2.24) is 20.4 Å². The maximum absolute atomic E-state index is 4.67. The van der Waals surface area contributed by atoms with Gasteiger partial charge in [0.1, 0.15) is 0 Å². The van der Waals surface area contributed by atoms with Crippen LogP contribution in [0.5, 0.6) is 0 Å². The summed E-state index contributed by atoms with van der Waals surface area (Å²) in [7, 11) is 0. The van der Waals surface area contributed by atoms with Crippen LogP contribution in [0.2, 0.25) is 0 Å². The van der Waals surface area contributed by atoms with Crippen LogP contribution in [0.25, 0.3) is 5.69 Å². The van der Waals surface area contributed by atoms with E-state index < -0.39 is 0 Å². The maximum Gasteiger partial charge on any atom is 0.191 e. The Morgan fingerprint density at radius 1 is 1.17 bits per heavy atom. The van der Waals surface area contributed by atoms with Gasteiger partial charge in [-0.25, -0.2) is 9.67 Å². The number of guanidine groups is 1. The number of aromatic nitrogens is 2. The van der Waals surface area contributed by atoms with Gasteiger partial charge in [-0.3, -0.25) is 0 Å². The molecule has 2 aromatic rings. The van der Waals surface area contributed by atoms with E-state index in [-0.39, 0.29) is 0 Å². The van der Waals surface area contributed by atoms with E-state index >= 15 is 0 Å². The van der Waals surface area contributed by atoms with Crippen LogP contribution in [0, 0.1) is 0 Å². The molecule has 0 saturated carbocycles. The summed E-state index contributed by atoms with van der Waals surface area (Å²) in [6, 6.07) is 10.2. The highest BCUT2D eigenvalue weighted by molar-refractivity contribution is 5.79. The van der Waals surface area contributed by atoms with Gasteiger partial charge in [0.05, 0.1) is 12.2 Å². The first-order chi connectivity index (χ1) is 11.3. The largest absolute Gasteiger partial charge is 0.357 e. The first-order valence-electron chi connectivity index (χ1n) is 8.44. The third-order valence-corrected chi connectivity index (χ3v) is 3.52. The van der Waals surface area contributed by atoms with Crippen molar-refractivity contribution in [3.63, 3.8) is 0 Å². The quantitative estimate of drug-likeness (QED) is 0.447. The van der Waals surface area contributed by atoms with Crippen molar-refractivity contribution < 1.29 is 0 Å². The van der Waals surface area contributed by atoms with Crippen molar-refractivity contribution in [2.45, 2.75) is 39.7 Å². The standard InChI is InChI=1S/C18H27N5/c1-3-5-6-11-20-18(19-4-2)21-15-16-9-7-10-17(14-16)23-13-8-12-22-23/h7-10,12-14H,3-6,11,15H2,1-2H3,(H2,19,20,21). The Kier molecular flexibility index (Phi) is 7.17. The lowest BCUT2D eigenvalue weighted by molar-refractivity contribution is 0.683. The number of aliphatic imine (C=N–C) groups is 1. The zero-order valence-corrected chi connectivity index (χ0v) is 14.1. The van der Waals surface area contributed by atoms with Crippen LogP contribution < -0.4 is 10.6 Å². The van der Waals surface area contributed by atoms with Crippen molar-refractivity contribution >= 4 is 5.96 Å². The minimum Gasteiger partial charge on any atom is -0.357 e. The second-order valence-electron chi connectivity index (χ2n) is 5.45. The van der Waals surface area contributed by atoms with Crippen LogP contribution in [0.4, 0.5) is 0 Å². The predicted octanol–water partition coefficient (Wildman–Crippen LogP) is 3.12. The molecule has 0 bridgehead atoms. The van der Waals surface area contributed by atoms with Crippen molar-refractivity contribution in [3.8, 4) is 5.69 Å². The number of hydrogen-bond donors (Lipinski definition) is 2. The minimum absolute atomic E-state index is 0.651. The van der Waals surface area contributed by atoms with Gasteiger partial charge in [-0.05, 0) is 37.1 Å². The topological polar surface area (TPSA) is 54.2 Å². The fraction of sp³-hybridized carbons (Fsp3) is 0.444. The Labute approximate surface area is 138 Å². The summed E-state index contributed by atoms with van der Waals surface area (Å²) in [6.45, 7) is 6.78. The van der Waals surface area contributed by atoms with Crippen molar-refractivity contribution in [2.75, 3.05) is 13.1 Å². The summed E-state index contributed by atoms with van der Waals surface area (Å²) in [5.41, 5.74) is 2.23. The van der Waals surface area contributed by atoms with E-state index in [4.69, 9.17) is 0 Å². The lowest BCUT2D eigenvalue weighted by atomic mass is 10.2. The first-order valence-corrected chi connectivity index (χ1v) is 8.44.